The van der Waals surface area contributed by atoms with Crippen LogP contribution in [-0.2, 0) is 23.1 Å². The fourth-order valence-electron chi connectivity index (χ4n) is 5.00. The largest absolute Gasteiger partial charge is 0.384 e. The zero-order valence-electron chi connectivity index (χ0n) is 19.8. The predicted molar refractivity (Wildman–Crippen MR) is 128 cm³/mol. The summed E-state index contributed by atoms with van der Waals surface area (Å²) in [7, 11) is 1.76. The number of amides is 4. The zero-order chi connectivity index (χ0) is 24.9. The number of anilines is 2. The zero-order valence-corrected chi connectivity index (χ0v) is 19.8. The van der Waals surface area contributed by atoms with E-state index in [1.165, 1.54) is 10.0 Å². The molecule has 0 radical (unpaired) electrons. The third-order valence-corrected chi connectivity index (χ3v) is 6.62. The van der Waals surface area contributed by atoms with E-state index in [4.69, 9.17) is 5.73 Å². The number of nitrogens with two attached hydrogens (primary N) is 1. The molecule has 2 fully saturated rings. The van der Waals surface area contributed by atoms with Crippen LogP contribution in [0.3, 0.4) is 0 Å². The third-order valence-electron chi connectivity index (χ3n) is 6.62. The molecule has 0 spiro atoms. The van der Waals surface area contributed by atoms with Crippen molar-refractivity contribution in [1.82, 2.24) is 24.4 Å². The van der Waals surface area contributed by atoms with Crippen molar-refractivity contribution < 1.29 is 14.4 Å². The Kier molecular flexibility index (Phi) is 5.50. The van der Waals surface area contributed by atoms with E-state index < -0.39 is 24.0 Å². The minimum absolute atomic E-state index is 0.0552. The molecule has 0 unspecified atom stereocenters. The molecule has 0 aliphatic carbocycles. The number of hydrogen-bond acceptors (Lipinski definition) is 6. The van der Waals surface area contributed by atoms with Gasteiger partial charge in [-0.1, -0.05) is 44.2 Å². The molecule has 1 aromatic carbocycles. The van der Waals surface area contributed by atoms with Gasteiger partial charge in [-0.2, -0.15) is 5.01 Å². The van der Waals surface area contributed by atoms with E-state index in [2.05, 4.69) is 9.97 Å². The molecule has 4 amide bonds. The summed E-state index contributed by atoms with van der Waals surface area (Å²) >= 11 is 0. The van der Waals surface area contributed by atoms with Crippen LogP contribution in [0.2, 0.25) is 0 Å². The van der Waals surface area contributed by atoms with Gasteiger partial charge in [0.15, 0.2) is 0 Å². The number of pyridine rings is 1. The topological polar surface area (TPSA) is 118 Å². The highest BCUT2D eigenvalue weighted by atomic mass is 16.2. The van der Waals surface area contributed by atoms with Crippen LogP contribution in [0.1, 0.15) is 31.0 Å². The Morgan fingerprint density at radius 2 is 1.74 bits per heavy atom. The SMILES string of the molecule is CC(C)[C@H](c1ccccc1)N1C(=O)N2C(=O)[C@H](Cc3ccnc(N)c3)[C@H]2C(=O)N1c1nccn1C. The van der Waals surface area contributed by atoms with Gasteiger partial charge in [0.25, 0.3) is 5.91 Å². The van der Waals surface area contributed by atoms with Gasteiger partial charge in [0, 0.05) is 25.6 Å². The molecular formula is C25H27N7O3. The quantitative estimate of drug-likeness (QED) is 0.550. The molecule has 0 saturated carbocycles. The Balaban J connectivity index is 1.57. The number of urea groups is 1. The van der Waals surface area contributed by atoms with Crippen molar-refractivity contribution in [2.24, 2.45) is 18.9 Å². The van der Waals surface area contributed by atoms with Gasteiger partial charge in [-0.25, -0.2) is 24.7 Å². The van der Waals surface area contributed by atoms with Crippen LogP contribution in [0.15, 0.2) is 61.1 Å². The molecule has 3 atom stereocenters. The van der Waals surface area contributed by atoms with Gasteiger partial charge in [0.2, 0.25) is 11.9 Å². The van der Waals surface area contributed by atoms with Gasteiger partial charge in [-0.3, -0.25) is 9.59 Å². The van der Waals surface area contributed by atoms with Gasteiger partial charge >= 0.3 is 6.03 Å². The van der Waals surface area contributed by atoms with Crippen molar-refractivity contribution in [3.05, 3.63) is 72.2 Å². The number of hydrogen-bond donors (Lipinski definition) is 1. The van der Waals surface area contributed by atoms with Crippen molar-refractivity contribution in [1.29, 1.82) is 0 Å². The predicted octanol–water partition coefficient (Wildman–Crippen LogP) is 2.55. The number of nitrogen functional groups attached to an aromatic ring is 1. The lowest BCUT2D eigenvalue weighted by Gasteiger charge is -2.55. The number of aryl methyl sites for hydroxylation is 1. The van der Waals surface area contributed by atoms with Crippen LogP contribution in [0.5, 0.6) is 0 Å². The van der Waals surface area contributed by atoms with Crippen LogP contribution in [0.25, 0.3) is 0 Å². The maximum absolute atomic E-state index is 14.0. The molecule has 4 heterocycles. The molecule has 2 aromatic heterocycles. The van der Waals surface area contributed by atoms with Gasteiger partial charge in [0.1, 0.15) is 11.9 Å². The van der Waals surface area contributed by atoms with Crippen molar-refractivity contribution in [2.75, 3.05) is 10.7 Å². The maximum Gasteiger partial charge on any atom is 0.347 e. The molecule has 2 aliphatic heterocycles. The summed E-state index contributed by atoms with van der Waals surface area (Å²) in [5, 5.41) is 2.74. The fourth-order valence-corrected chi connectivity index (χ4v) is 5.00. The van der Waals surface area contributed by atoms with Crippen LogP contribution in [0.4, 0.5) is 16.6 Å². The summed E-state index contributed by atoms with van der Waals surface area (Å²) in [5.74, 6) is -0.819. The van der Waals surface area contributed by atoms with E-state index in [-0.39, 0.29) is 24.2 Å². The number of nitrogens with zero attached hydrogens (tertiary/aromatic N) is 6. The molecule has 5 rings (SSSR count). The van der Waals surface area contributed by atoms with E-state index in [1.54, 1.807) is 42.3 Å². The number of carbonyl (C=O) groups is 3. The molecule has 2 saturated heterocycles. The minimum atomic E-state index is -0.916. The smallest absolute Gasteiger partial charge is 0.347 e. The van der Waals surface area contributed by atoms with Crippen LogP contribution >= 0.6 is 0 Å². The Morgan fingerprint density at radius 1 is 1.00 bits per heavy atom. The number of rotatable bonds is 6. The molecule has 3 aromatic rings. The molecule has 2 N–H and O–H groups in total. The fraction of sp³-hybridized carbons (Fsp3) is 0.320. The number of benzene rings is 1. The molecule has 10 heteroatoms. The molecule has 35 heavy (non-hydrogen) atoms. The van der Waals surface area contributed by atoms with Gasteiger partial charge in [-0.15, -0.1) is 0 Å². The van der Waals surface area contributed by atoms with Crippen LogP contribution < -0.4 is 10.7 Å². The second-order valence-electron chi connectivity index (χ2n) is 9.27. The van der Waals surface area contributed by atoms with E-state index in [1.807, 2.05) is 44.2 Å². The first-order chi connectivity index (χ1) is 16.8. The Labute approximate surface area is 202 Å². The lowest BCUT2D eigenvalue weighted by molar-refractivity contribution is -0.163. The number of hydrazine groups is 1. The van der Waals surface area contributed by atoms with Crippen LogP contribution in [0, 0.1) is 11.8 Å². The molecule has 2 aliphatic rings. The van der Waals surface area contributed by atoms with Gasteiger partial charge < -0.3 is 10.3 Å². The number of aromatic nitrogens is 3. The van der Waals surface area contributed by atoms with E-state index in [9.17, 15) is 14.4 Å². The standard InChI is InChI=1S/C25H27N7O3/c1-15(2)20(17-7-5-4-6-8-17)31-25(35)30-21(23(34)32(31)24-28-11-12-29(24)3)18(22(30)33)13-16-9-10-27-19(26)14-16/h4-12,14-15,18,20-21H,13H2,1-3H3,(H2,26,27)/t18-,20-,21+/m1/s1. The summed E-state index contributed by atoms with van der Waals surface area (Å²) in [6, 6.07) is 11.0. The van der Waals surface area contributed by atoms with E-state index in [0.29, 0.717) is 11.8 Å². The lowest BCUT2D eigenvalue weighted by atomic mass is 9.81. The van der Waals surface area contributed by atoms with Crippen molar-refractivity contribution >= 4 is 29.6 Å². The monoisotopic (exact) mass is 473 g/mol. The first-order valence-electron chi connectivity index (χ1n) is 11.5. The summed E-state index contributed by atoms with van der Waals surface area (Å²) in [5.41, 5.74) is 7.44. The summed E-state index contributed by atoms with van der Waals surface area (Å²) < 4.78 is 1.69. The first-order valence-corrected chi connectivity index (χ1v) is 11.5. The normalized spacial score (nSPS) is 20.8. The van der Waals surface area contributed by atoms with Gasteiger partial charge in [0.05, 0.1) is 12.0 Å². The van der Waals surface area contributed by atoms with Gasteiger partial charge in [-0.05, 0) is 35.6 Å². The second kappa shape index (κ2) is 8.53. The van der Waals surface area contributed by atoms with Crippen molar-refractivity contribution in [3.8, 4) is 0 Å². The third kappa shape index (κ3) is 3.61. The number of imidazole rings is 1. The molecule has 10 nitrogen and oxygen atoms in total. The molecule has 180 valence electrons. The summed E-state index contributed by atoms with van der Waals surface area (Å²) in [6.45, 7) is 3.96. The molecule has 0 bridgehead atoms. The Bertz CT molecular complexity index is 1290. The summed E-state index contributed by atoms with van der Waals surface area (Å²) in [4.78, 5) is 50.6. The van der Waals surface area contributed by atoms with Crippen LogP contribution in [-0.4, -0.2) is 48.3 Å². The van der Waals surface area contributed by atoms with E-state index >= 15 is 0 Å². The Morgan fingerprint density at radius 3 is 2.37 bits per heavy atom. The molecular weight excluding hydrogens is 446 g/mol. The summed E-state index contributed by atoms with van der Waals surface area (Å²) in [6.07, 6.45) is 5.14. The number of carbonyl (C=O) groups excluding carboxylic acids is 3. The number of imide groups is 1. The maximum atomic E-state index is 14.0. The highest BCUT2D eigenvalue weighted by molar-refractivity contribution is 6.16. The van der Waals surface area contributed by atoms with E-state index in [0.717, 1.165) is 16.0 Å². The average Bonchev–Trinajstić information content (AvgIpc) is 3.25. The number of β-lactam (4-membered cyclic amide) rings is 1. The number of fused-ring (bicyclic) bond motifs is 1. The lowest BCUT2D eigenvalue weighted by Crippen LogP contribution is -2.78. The second-order valence-corrected chi connectivity index (χ2v) is 9.27. The highest BCUT2D eigenvalue weighted by Gasteiger charge is 2.62. The Hall–Kier alpha value is -4.21. The minimum Gasteiger partial charge on any atom is -0.384 e. The highest BCUT2D eigenvalue weighted by Crippen LogP contribution is 2.42. The average molecular weight is 474 g/mol. The van der Waals surface area contributed by atoms with Crippen molar-refractivity contribution in [2.45, 2.75) is 32.4 Å². The first kappa shape index (κ1) is 22.6. The van der Waals surface area contributed by atoms with Crippen molar-refractivity contribution in [3.63, 3.8) is 0 Å².